The zero-order valence-electron chi connectivity index (χ0n) is 7.13. The number of halogens is 1. The molecule has 0 radical (unpaired) electrons. The molecule has 1 N–H and O–H groups in total. The van der Waals surface area contributed by atoms with E-state index in [1.807, 2.05) is 0 Å². The highest BCUT2D eigenvalue weighted by Crippen LogP contribution is 2.14. The van der Waals surface area contributed by atoms with Crippen LogP contribution in [0.4, 0.5) is 10.2 Å². The van der Waals surface area contributed by atoms with E-state index in [0.717, 1.165) is 18.6 Å². The average molecular weight is 179 g/mol. The fourth-order valence-electron chi connectivity index (χ4n) is 1.05. The highest BCUT2D eigenvalue weighted by atomic mass is 19.1. The van der Waals surface area contributed by atoms with Crippen LogP contribution in [0.15, 0.2) is 23.3 Å². The molecule has 0 amide bonds. The molecule has 4 heteroatoms. The topological polar surface area (TPSA) is 37.3 Å². The summed E-state index contributed by atoms with van der Waals surface area (Å²) in [6.07, 6.45) is 3.29. The van der Waals surface area contributed by atoms with E-state index in [1.54, 1.807) is 12.1 Å². The Morgan fingerprint density at radius 1 is 1.38 bits per heavy atom. The number of hydrazone groups is 1. The van der Waals surface area contributed by atoms with Gasteiger partial charge >= 0.3 is 0 Å². The molecule has 1 aromatic heterocycles. The maximum Gasteiger partial charge on any atom is 0.214 e. The van der Waals surface area contributed by atoms with Crippen molar-refractivity contribution >= 4 is 11.5 Å². The first kappa shape index (κ1) is 8.16. The summed E-state index contributed by atoms with van der Waals surface area (Å²) in [5.41, 5.74) is 3.85. The average Bonchev–Trinajstić information content (AvgIpc) is 2.01. The van der Waals surface area contributed by atoms with Crippen molar-refractivity contribution in [1.82, 2.24) is 4.98 Å². The smallest absolute Gasteiger partial charge is 0.214 e. The van der Waals surface area contributed by atoms with E-state index in [-0.39, 0.29) is 0 Å². The summed E-state index contributed by atoms with van der Waals surface area (Å²) in [6, 6.07) is 4.60. The van der Waals surface area contributed by atoms with Crippen LogP contribution in [0.1, 0.15) is 19.3 Å². The molecule has 1 saturated carbocycles. The number of rotatable bonds is 2. The van der Waals surface area contributed by atoms with Crippen molar-refractivity contribution in [2.24, 2.45) is 5.10 Å². The lowest BCUT2D eigenvalue weighted by Gasteiger charge is -2.13. The molecule has 1 aliphatic rings. The van der Waals surface area contributed by atoms with Gasteiger partial charge in [-0.05, 0) is 31.4 Å². The molecule has 0 unspecified atom stereocenters. The number of hydrogen-bond donors (Lipinski definition) is 1. The Kier molecular flexibility index (Phi) is 2.21. The van der Waals surface area contributed by atoms with Gasteiger partial charge in [-0.3, -0.25) is 5.43 Å². The Hall–Kier alpha value is -1.45. The molecule has 1 heterocycles. The predicted molar refractivity (Wildman–Crippen MR) is 49.1 cm³/mol. The monoisotopic (exact) mass is 179 g/mol. The summed E-state index contributed by atoms with van der Waals surface area (Å²) >= 11 is 0. The quantitative estimate of drug-likeness (QED) is 0.558. The van der Waals surface area contributed by atoms with E-state index in [1.165, 1.54) is 12.5 Å². The first-order chi connectivity index (χ1) is 6.34. The Balaban J connectivity index is 2.01. The van der Waals surface area contributed by atoms with Gasteiger partial charge in [-0.2, -0.15) is 9.49 Å². The maximum absolute atomic E-state index is 12.6. The van der Waals surface area contributed by atoms with Crippen LogP contribution < -0.4 is 5.43 Å². The second-order valence-electron chi connectivity index (χ2n) is 2.99. The van der Waals surface area contributed by atoms with Gasteiger partial charge in [0, 0.05) is 5.71 Å². The largest absolute Gasteiger partial charge is 0.261 e. The molecule has 1 aliphatic carbocycles. The van der Waals surface area contributed by atoms with E-state index >= 15 is 0 Å². The molecule has 0 atom stereocenters. The number of pyridine rings is 1. The molecule has 0 saturated heterocycles. The summed E-state index contributed by atoms with van der Waals surface area (Å²) < 4.78 is 12.6. The third kappa shape index (κ3) is 2.02. The van der Waals surface area contributed by atoms with Crippen LogP contribution >= 0.6 is 0 Å². The molecule has 13 heavy (non-hydrogen) atoms. The lowest BCUT2D eigenvalue weighted by Crippen LogP contribution is -2.11. The fraction of sp³-hybridized carbons (Fsp3) is 0.333. The maximum atomic E-state index is 12.6. The molecule has 1 fully saturated rings. The minimum absolute atomic E-state index is 0.458. The van der Waals surface area contributed by atoms with Crippen molar-refractivity contribution < 1.29 is 4.39 Å². The van der Waals surface area contributed by atoms with Gasteiger partial charge < -0.3 is 0 Å². The van der Waals surface area contributed by atoms with Crippen molar-refractivity contribution in [1.29, 1.82) is 0 Å². The van der Waals surface area contributed by atoms with Gasteiger partial charge in [0.05, 0.1) is 0 Å². The fourth-order valence-corrected chi connectivity index (χ4v) is 1.05. The summed E-state index contributed by atoms with van der Waals surface area (Å²) in [4.78, 5) is 3.62. The summed E-state index contributed by atoms with van der Waals surface area (Å²) in [6.45, 7) is 0. The molecule has 68 valence electrons. The highest BCUT2D eigenvalue weighted by molar-refractivity contribution is 5.89. The predicted octanol–water partition coefficient (Wildman–Crippen LogP) is 2.17. The molecular weight excluding hydrogens is 169 g/mol. The van der Waals surface area contributed by atoms with E-state index in [2.05, 4.69) is 15.5 Å². The van der Waals surface area contributed by atoms with Gasteiger partial charge in [0.15, 0.2) is 0 Å². The molecule has 1 aromatic rings. The molecular formula is C9H10FN3. The molecule has 0 aromatic carbocycles. The Morgan fingerprint density at radius 2 is 2.23 bits per heavy atom. The SMILES string of the molecule is Fc1cccc(NN=C2CCC2)n1. The van der Waals surface area contributed by atoms with Gasteiger partial charge in [0.25, 0.3) is 0 Å². The first-order valence-electron chi connectivity index (χ1n) is 4.28. The molecule has 0 spiro atoms. The second-order valence-corrected chi connectivity index (χ2v) is 2.99. The van der Waals surface area contributed by atoms with Crippen LogP contribution in [-0.2, 0) is 0 Å². The van der Waals surface area contributed by atoms with Crippen LogP contribution in [0.3, 0.4) is 0 Å². The van der Waals surface area contributed by atoms with Gasteiger partial charge in [-0.15, -0.1) is 0 Å². The van der Waals surface area contributed by atoms with Crippen LogP contribution in [0.25, 0.3) is 0 Å². The Labute approximate surface area is 75.7 Å². The number of nitrogens with zero attached hydrogens (tertiary/aromatic N) is 2. The van der Waals surface area contributed by atoms with E-state index < -0.39 is 5.95 Å². The van der Waals surface area contributed by atoms with Crippen LogP contribution in [-0.4, -0.2) is 10.7 Å². The van der Waals surface area contributed by atoms with Crippen molar-refractivity contribution in [2.45, 2.75) is 19.3 Å². The van der Waals surface area contributed by atoms with E-state index in [9.17, 15) is 4.39 Å². The first-order valence-corrected chi connectivity index (χ1v) is 4.28. The number of nitrogens with one attached hydrogen (secondary N) is 1. The van der Waals surface area contributed by atoms with E-state index in [0.29, 0.717) is 5.82 Å². The number of anilines is 1. The Bertz CT molecular complexity index is 329. The zero-order valence-corrected chi connectivity index (χ0v) is 7.13. The minimum atomic E-state index is -0.487. The van der Waals surface area contributed by atoms with Crippen LogP contribution in [0.5, 0.6) is 0 Å². The standard InChI is InChI=1S/C9H10FN3/c10-8-5-2-6-9(11-8)13-12-7-3-1-4-7/h2,5-6H,1,3-4H2,(H,11,13). The summed E-state index contributed by atoms with van der Waals surface area (Å²) in [7, 11) is 0. The molecule has 0 bridgehead atoms. The second kappa shape index (κ2) is 3.51. The van der Waals surface area contributed by atoms with Crippen molar-refractivity contribution in [3.8, 4) is 0 Å². The van der Waals surface area contributed by atoms with Gasteiger partial charge in [-0.25, -0.2) is 4.98 Å². The summed E-state index contributed by atoms with van der Waals surface area (Å²) in [5, 5.41) is 4.08. The number of aromatic nitrogens is 1. The normalized spacial score (nSPS) is 15.0. The lowest BCUT2D eigenvalue weighted by molar-refractivity contribution is 0.585. The minimum Gasteiger partial charge on any atom is -0.261 e. The zero-order chi connectivity index (χ0) is 9.10. The number of hydrogen-bond acceptors (Lipinski definition) is 3. The van der Waals surface area contributed by atoms with Crippen LogP contribution in [0.2, 0.25) is 0 Å². The van der Waals surface area contributed by atoms with Gasteiger partial charge in [0.1, 0.15) is 5.82 Å². The third-order valence-electron chi connectivity index (χ3n) is 1.97. The molecule has 0 aliphatic heterocycles. The Morgan fingerprint density at radius 3 is 2.85 bits per heavy atom. The van der Waals surface area contributed by atoms with Crippen molar-refractivity contribution in [2.75, 3.05) is 5.43 Å². The third-order valence-corrected chi connectivity index (χ3v) is 1.97. The van der Waals surface area contributed by atoms with Crippen molar-refractivity contribution in [3.05, 3.63) is 24.1 Å². The van der Waals surface area contributed by atoms with Gasteiger partial charge in [-0.1, -0.05) is 6.07 Å². The molecule has 2 rings (SSSR count). The summed E-state index contributed by atoms with van der Waals surface area (Å²) in [5.74, 6) is -0.0294. The highest BCUT2D eigenvalue weighted by Gasteiger charge is 2.09. The lowest BCUT2D eigenvalue weighted by atomic mass is 9.98. The van der Waals surface area contributed by atoms with Crippen molar-refractivity contribution in [3.63, 3.8) is 0 Å². The molecule has 3 nitrogen and oxygen atoms in total. The van der Waals surface area contributed by atoms with Gasteiger partial charge in [0.2, 0.25) is 5.95 Å². The van der Waals surface area contributed by atoms with Crippen LogP contribution in [0, 0.1) is 5.95 Å². The van der Waals surface area contributed by atoms with E-state index in [4.69, 9.17) is 0 Å².